The number of nitrogens with one attached hydrogen (secondary N) is 1. The molecular weight excluding hydrogens is 793 g/mol. The van der Waals surface area contributed by atoms with Crippen molar-refractivity contribution >= 4 is 34.5 Å². The number of likely N-dealkylation sites (tertiary alicyclic amines) is 1. The number of benzene rings is 5. The van der Waals surface area contributed by atoms with Gasteiger partial charge in [0.05, 0.1) is 30.1 Å². The van der Waals surface area contributed by atoms with Crippen LogP contribution < -0.4 is 10.1 Å². The summed E-state index contributed by atoms with van der Waals surface area (Å²) in [5.74, 6) is 4.58. The predicted octanol–water partition coefficient (Wildman–Crippen LogP) is 6.92. The molecule has 4 aliphatic rings. The molecule has 0 saturated carbocycles. The van der Waals surface area contributed by atoms with Gasteiger partial charge in [0, 0.05) is 29.9 Å². The molecule has 0 aliphatic carbocycles. The minimum absolute atomic E-state index is 0.00330. The summed E-state index contributed by atoms with van der Waals surface area (Å²) < 4.78 is 14.7. The van der Waals surface area contributed by atoms with Gasteiger partial charge in [-0.15, -0.1) is 5.10 Å². The summed E-state index contributed by atoms with van der Waals surface area (Å²) in [6.07, 6.45) is 3.90. The number of fused-ring (bicyclic) bond motifs is 4. The normalized spacial score (nSPS) is 24.4. The molecule has 6 atom stereocenters. The van der Waals surface area contributed by atoms with E-state index in [0.717, 1.165) is 54.3 Å². The van der Waals surface area contributed by atoms with Gasteiger partial charge in [-0.05, 0) is 65.9 Å². The molecule has 12 nitrogen and oxygen atoms in total. The van der Waals surface area contributed by atoms with E-state index in [4.69, 9.17) is 9.47 Å². The number of cyclic esters (lactones) is 1. The van der Waals surface area contributed by atoms with Gasteiger partial charge in [0.15, 0.2) is 0 Å². The molecule has 2 N–H and O–H groups in total. The molecule has 0 bridgehead atoms. The molecule has 6 aromatic rings. The standard InChI is InChI=1S/C51H48N6O6/c58-31-32-62-42-25-13-10-22-37(42)47-51(38-33-34(26-27-39(38)52-50(51)61)17-16-30-56-41-24-12-11-23-40(41)53-54-56)43(48(59)55-28-14-2-1-3-15-29-55)45-49(60)63-46(36-20-8-5-9-21-36)44(57(45)47)35-18-6-4-7-19-35/h4-13,18-27,33,43-47,58H,1-3,14-15,28-32H2,(H,52,61)/t43-,44-,45-,46+,47+,51-/m0/s1. The molecule has 3 saturated heterocycles. The SMILES string of the molecule is O=C1O[C@H](c2ccccc2)[C@H](c2ccccc2)N2[C@H]1[C@@H](C(=O)N1CCCCCCC1)[C@]1(C(=O)Nc3ccc(C#CCn4nnc5ccccc54)cc31)[C@H]2c1ccccc1OCCO. The van der Waals surface area contributed by atoms with Crippen molar-refractivity contribution in [3.63, 3.8) is 0 Å². The first-order valence-corrected chi connectivity index (χ1v) is 21.9. The summed E-state index contributed by atoms with van der Waals surface area (Å²) >= 11 is 0. The lowest BCUT2D eigenvalue weighted by atomic mass is 9.64. The molecule has 3 fully saturated rings. The van der Waals surface area contributed by atoms with Gasteiger partial charge >= 0.3 is 5.97 Å². The number of aliphatic hydroxyl groups is 1. The van der Waals surface area contributed by atoms with E-state index in [0.29, 0.717) is 41.2 Å². The number of para-hydroxylation sites is 2. The van der Waals surface area contributed by atoms with Gasteiger partial charge < -0.3 is 24.8 Å². The number of morpholine rings is 1. The second-order valence-electron chi connectivity index (χ2n) is 16.7. The van der Waals surface area contributed by atoms with Gasteiger partial charge in [-0.3, -0.25) is 19.3 Å². The van der Waals surface area contributed by atoms with Crippen molar-refractivity contribution in [2.24, 2.45) is 5.92 Å². The van der Waals surface area contributed by atoms with Crippen molar-refractivity contribution in [1.82, 2.24) is 24.8 Å². The number of hydrogen-bond acceptors (Lipinski definition) is 9. The first-order chi connectivity index (χ1) is 31.0. The summed E-state index contributed by atoms with van der Waals surface area (Å²) in [4.78, 5) is 50.9. The fraction of sp³-hybridized carbons (Fsp3) is 0.314. The van der Waals surface area contributed by atoms with E-state index in [1.165, 1.54) is 0 Å². The average molecular weight is 841 g/mol. The number of hydrogen-bond donors (Lipinski definition) is 2. The Hall–Kier alpha value is -6.81. The first-order valence-electron chi connectivity index (χ1n) is 21.9. The lowest BCUT2D eigenvalue weighted by molar-refractivity contribution is -0.179. The number of aliphatic hydroxyl groups excluding tert-OH is 1. The van der Waals surface area contributed by atoms with Gasteiger partial charge in [-0.2, -0.15) is 0 Å². The highest BCUT2D eigenvalue weighted by atomic mass is 16.6. The fourth-order valence-electron chi connectivity index (χ4n) is 10.5. The van der Waals surface area contributed by atoms with E-state index in [9.17, 15) is 5.11 Å². The Morgan fingerprint density at radius 3 is 2.30 bits per heavy atom. The summed E-state index contributed by atoms with van der Waals surface area (Å²) in [6, 6.07) is 37.5. The number of esters is 1. The highest BCUT2D eigenvalue weighted by molar-refractivity contribution is 6.12. The Balaban J connectivity index is 1.22. The van der Waals surface area contributed by atoms with E-state index in [-0.39, 0.29) is 25.7 Å². The van der Waals surface area contributed by atoms with Gasteiger partial charge in [-0.25, -0.2) is 4.68 Å². The number of amides is 2. The van der Waals surface area contributed by atoms with E-state index in [1.807, 2.05) is 132 Å². The largest absolute Gasteiger partial charge is 0.491 e. The summed E-state index contributed by atoms with van der Waals surface area (Å²) in [5, 5.41) is 21.8. The molecule has 0 radical (unpaired) electrons. The smallest absolute Gasteiger partial charge is 0.324 e. The maximum absolute atomic E-state index is 15.9. The van der Waals surface area contributed by atoms with Crippen LogP contribution in [-0.2, 0) is 31.1 Å². The zero-order chi connectivity index (χ0) is 42.9. The van der Waals surface area contributed by atoms with Crippen molar-refractivity contribution in [3.8, 4) is 17.6 Å². The lowest BCUT2D eigenvalue weighted by Crippen LogP contribution is -2.55. The summed E-state index contributed by atoms with van der Waals surface area (Å²) in [5.41, 5.74) is 3.94. The van der Waals surface area contributed by atoms with E-state index >= 15 is 14.4 Å². The highest BCUT2D eigenvalue weighted by Gasteiger charge is 2.74. The summed E-state index contributed by atoms with van der Waals surface area (Å²) in [6.45, 7) is 1.06. The van der Waals surface area contributed by atoms with Crippen LogP contribution in [0.25, 0.3) is 11.0 Å². The highest BCUT2D eigenvalue weighted by Crippen LogP contribution is 2.66. The zero-order valence-corrected chi connectivity index (χ0v) is 34.8. The van der Waals surface area contributed by atoms with Gasteiger partial charge in [0.25, 0.3) is 0 Å². The maximum Gasteiger partial charge on any atom is 0.324 e. The first kappa shape index (κ1) is 40.3. The number of rotatable bonds is 8. The van der Waals surface area contributed by atoms with Gasteiger partial charge in [0.2, 0.25) is 11.8 Å². The molecule has 4 aliphatic heterocycles. The average Bonchev–Trinajstić information content (AvgIpc) is 3.96. The molecule has 1 aromatic heterocycles. The lowest BCUT2D eigenvalue weighted by Gasteiger charge is -2.46. The van der Waals surface area contributed by atoms with Crippen molar-refractivity contribution in [3.05, 3.63) is 155 Å². The molecule has 0 unspecified atom stereocenters. The van der Waals surface area contributed by atoms with Crippen LogP contribution in [0.4, 0.5) is 5.69 Å². The van der Waals surface area contributed by atoms with Crippen molar-refractivity contribution in [2.75, 3.05) is 31.6 Å². The zero-order valence-electron chi connectivity index (χ0n) is 34.8. The van der Waals surface area contributed by atoms with Crippen molar-refractivity contribution in [2.45, 2.75) is 68.3 Å². The van der Waals surface area contributed by atoms with Crippen LogP contribution >= 0.6 is 0 Å². The maximum atomic E-state index is 15.9. The monoisotopic (exact) mass is 840 g/mol. The number of anilines is 1. The number of carbonyl (C=O) groups is 3. The fourth-order valence-corrected chi connectivity index (χ4v) is 10.5. The van der Waals surface area contributed by atoms with Crippen LogP contribution in [0.2, 0.25) is 0 Å². The van der Waals surface area contributed by atoms with Gasteiger partial charge in [0.1, 0.15) is 42.0 Å². The van der Waals surface area contributed by atoms with Crippen LogP contribution in [0.1, 0.15) is 78.1 Å². The molecule has 63 heavy (non-hydrogen) atoms. The quantitative estimate of drug-likeness (QED) is 0.124. The Kier molecular flexibility index (Phi) is 11.0. The van der Waals surface area contributed by atoms with Crippen LogP contribution in [0, 0.1) is 17.8 Å². The van der Waals surface area contributed by atoms with Crippen LogP contribution in [0.3, 0.4) is 0 Å². The molecule has 318 valence electrons. The third-order valence-electron chi connectivity index (χ3n) is 13.2. The third-order valence-corrected chi connectivity index (χ3v) is 13.2. The van der Waals surface area contributed by atoms with E-state index in [2.05, 4.69) is 32.4 Å². The Morgan fingerprint density at radius 1 is 0.825 bits per heavy atom. The van der Waals surface area contributed by atoms with Crippen molar-refractivity contribution < 1.29 is 29.0 Å². The number of carbonyl (C=O) groups excluding carboxylic acids is 3. The molecule has 12 heteroatoms. The predicted molar refractivity (Wildman–Crippen MR) is 236 cm³/mol. The number of ether oxygens (including phenoxy) is 2. The molecule has 1 spiro atoms. The minimum Gasteiger partial charge on any atom is -0.491 e. The third kappa shape index (κ3) is 7.02. The summed E-state index contributed by atoms with van der Waals surface area (Å²) in [7, 11) is 0. The molecular formula is C51H48N6O6. The van der Waals surface area contributed by atoms with Gasteiger partial charge in [-0.1, -0.05) is 127 Å². The minimum atomic E-state index is -1.68. The molecule has 10 rings (SSSR count). The van der Waals surface area contributed by atoms with E-state index < -0.39 is 47.4 Å². The van der Waals surface area contributed by atoms with Crippen LogP contribution in [0.15, 0.2) is 127 Å². The van der Waals surface area contributed by atoms with Crippen molar-refractivity contribution in [1.29, 1.82) is 0 Å². The van der Waals surface area contributed by atoms with Crippen LogP contribution in [0.5, 0.6) is 5.75 Å². The molecule has 5 heterocycles. The van der Waals surface area contributed by atoms with E-state index in [1.54, 1.807) is 4.68 Å². The second-order valence-corrected chi connectivity index (χ2v) is 16.7. The molecule has 5 aromatic carbocycles. The Labute approximate surface area is 365 Å². The number of aromatic nitrogens is 3. The van der Waals surface area contributed by atoms with Crippen LogP contribution in [-0.4, -0.2) is 80.0 Å². The second kappa shape index (κ2) is 17.2. The topological polar surface area (TPSA) is 139 Å². The molecule has 2 amide bonds. The Bertz CT molecular complexity index is 2720. The Morgan fingerprint density at radius 2 is 1.52 bits per heavy atom. The number of nitrogens with zero attached hydrogens (tertiary/aromatic N) is 5.